The molecule has 2 unspecified atom stereocenters. The average molecular weight is 454 g/mol. The van der Waals surface area contributed by atoms with Crippen molar-refractivity contribution in [1.29, 1.82) is 0 Å². The van der Waals surface area contributed by atoms with Gasteiger partial charge in [-0.1, -0.05) is 30.7 Å². The largest absolute Gasteiger partial charge is 0.494 e. The Balaban J connectivity index is 1.62. The van der Waals surface area contributed by atoms with Crippen LogP contribution in [0.1, 0.15) is 53.9 Å². The fourth-order valence-corrected chi connectivity index (χ4v) is 4.67. The molecule has 7 heteroatoms. The summed E-state index contributed by atoms with van der Waals surface area (Å²) in [7, 11) is 0. The molecule has 2 aliphatic heterocycles. The van der Waals surface area contributed by atoms with Crippen molar-refractivity contribution in [1.82, 2.24) is 4.90 Å². The second kappa shape index (κ2) is 8.60. The van der Waals surface area contributed by atoms with Gasteiger partial charge in [-0.15, -0.1) is 0 Å². The monoisotopic (exact) mass is 453 g/mol. The first-order valence-electron chi connectivity index (χ1n) is 11.0. The topological polar surface area (TPSA) is 69.0 Å². The Labute approximate surface area is 190 Å². The molecule has 0 saturated carbocycles. The van der Waals surface area contributed by atoms with E-state index in [0.29, 0.717) is 41.3 Å². The second-order valence-corrected chi connectivity index (χ2v) is 8.66. The summed E-state index contributed by atoms with van der Waals surface area (Å²) in [5, 5.41) is 0.815. The minimum absolute atomic E-state index is 0.0538. The van der Waals surface area contributed by atoms with E-state index in [9.17, 15) is 9.59 Å². The van der Waals surface area contributed by atoms with E-state index in [2.05, 4.69) is 0 Å². The standard InChI is InChI=1S/C25H24ClNO5/c1-2-11-30-17-8-5-15(6-9-17)22-21-23(28)19-13-16(26)7-10-20(19)32-24(21)25(29)27(22)14-18-4-3-12-31-18/h5-10,13,18,22H,2-4,11-12,14H2,1H3. The number of hydrogen-bond acceptors (Lipinski definition) is 5. The molecule has 0 radical (unpaired) electrons. The van der Waals surface area contributed by atoms with E-state index in [1.54, 1.807) is 23.1 Å². The molecule has 3 heterocycles. The van der Waals surface area contributed by atoms with Crippen LogP contribution in [0.15, 0.2) is 51.7 Å². The predicted molar refractivity (Wildman–Crippen MR) is 122 cm³/mol. The number of ether oxygens (including phenoxy) is 2. The number of carbonyl (C=O) groups is 1. The highest BCUT2D eigenvalue weighted by Gasteiger charge is 2.43. The fraction of sp³-hybridized carbons (Fsp3) is 0.360. The Bertz CT molecular complexity index is 1210. The van der Waals surface area contributed by atoms with Crippen molar-refractivity contribution in [2.24, 2.45) is 0 Å². The van der Waals surface area contributed by atoms with Crippen molar-refractivity contribution in [3.63, 3.8) is 0 Å². The minimum Gasteiger partial charge on any atom is -0.494 e. The molecule has 5 rings (SSSR count). The lowest BCUT2D eigenvalue weighted by Gasteiger charge is -2.27. The maximum atomic E-state index is 13.5. The highest BCUT2D eigenvalue weighted by molar-refractivity contribution is 6.31. The van der Waals surface area contributed by atoms with Gasteiger partial charge in [0.1, 0.15) is 11.3 Å². The molecule has 3 aromatic rings. The highest BCUT2D eigenvalue weighted by atomic mass is 35.5. The van der Waals surface area contributed by atoms with Crippen LogP contribution in [-0.4, -0.2) is 36.7 Å². The zero-order chi connectivity index (χ0) is 22.2. The summed E-state index contributed by atoms with van der Waals surface area (Å²) in [6, 6.07) is 11.9. The minimum atomic E-state index is -0.554. The van der Waals surface area contributed by atoms with Crippen LogP contribution in [0.25, 0.3) is 11.0 Å². The van der Waals surface area contributed by atoms with Crippen molar-refractivity contribution in [3.8, 4) is 5.75 Å². The van der Waals surface area contributed by atoms with Crippen LogP contribution in [0.4, 0.5) is 0 Å². The molecule has 2 aliphatic rings. The number of rotatable bonds is 6. The SMILES string of the molecule is CCCOc1ccc(C2c3c(oc4ccc(Cl)cc4c3=O)C(=O)N2CC2CCCO2)cc1. The average Bonchev–Trinajstić information content (AvgIpc) is 3.41. The molecule has 2 aromatic carbocycles. The van der Waals surface area contributed by atoms with Gasteiger partial charge in [0.15, 0.2) is 5.43 Å². The molecule has 0 N–H and O–H groups in total. The molecular formula is C25H24ClNO5. The van der Waals surface area contributed by atoms with E-state index in [1.807, 2.05) is 31.2 Å². The van der Waals surface area contributed by atoms with Crippen molar-refractivity contribution >= 4 is 28.5 Å². The second-order valence-electron chi connectivity index (χ2n) is 8.23. The van der Waals surface area contributed by atoms with Gasteiger partial charge in [-0.2, -0.15) is 0 Å². The number of nitrogens with zero attached hydrogens (tertiary/aromatic N) is 1. The first-order chi connectivity index (χ1) is 15.6. The summed E-state index contributed by atoms with van der Waals surface area (Å²) in [5.74, 6) is 0.558. The Morgan fingerprint density at radius 2 is 1.97 bits per heavy atom. The lowest BCUT2D eigenvalue weighted by molar-refractivity contribution is 0.0486. The van der Waals surface area contributed by atoms with Crippen molar-refractivity contribution in [2.45, 2.75) is 38.3 Å². The Kier molecular flexibility index (Phi) is 5.66. The summed E-state index contributed by atoms with van der Waals surface area (Å²) in [6.07, 6.45) is 2.71. The number of halogens is 1. The summed E-state index contributed by atoms with van der Waals surface area (Å²) < 4.78 is 17.5. The van der Waals surface area contributed by atoms with E-state index < -0.39 is 6.04 Å². The van der Waals surface area contributed by atoms with Crippen molar-refractivity contribution in [3.05, 3.63) is 74.6 Å². The van der Waals surface area contributed by atoms with Crippen LogP contribution < -0.4 is 10.2 Å². The van der Waals surface area contributed by atoms with E-state index in [1.165, 1.54) is 0 Å². The number of amides is 1. The van der Waals surface area contributed by atoms with Gasteiger partial charge < -0.3 is 18.8 Å². The van der Waals surface area contributed by atoms with Crippen LogP contribution in [0, 0.1) is 0 Å². The third-order valence-electron chi connectivity index (χ3n) is 6.02. The summed E-state index contributed by atoms with van der Waals surface area (Å²) in [5.41, 5.74) is 1.30. The van der Waals surface area contributed by atoms with Gasteiger partial charge in [-0.3, -0.25) is 9.59 Å². The molecule has 1 fully saturated rings. The van der Waals surface area contributed by atoms with Gasteiger partial charge in [0.25, 0.3) is 5.91 Å². The van der Waals surface area contributed by atoms with E-state index >= 15 is 0 Å². The quantitative estimate of drug-likeness (QED) is 0.527. The van der Waals surface area contributed by atoms with Gasteiger partial charge in [0.05, 0.1) is 29.7 Å². The van der Waals surface area contributed by atoms with Crippen LogP contribution >= 0.6 is 11.6 Å². The molecule has 1 saturated heterocycles. The highest BCUT2D eigenvalue weighted by Crippen LogP contribution is 2.39. The van der Waals surface area contributed by atoms with Gasteiger partial charge >= 0.3 is 0 Å². The maximum absolute atomic E-state index is 13.5. The number of benzene rings is 2. The summed E-state index contributed by atoms with van der Waals surface area (Å²) in [6.45, 7) is 3.77. The van der Waals surface area contributed by atoms with E-state index in [-0.39, 0.29) is 23.2 Å². The predicted octanol–water partition coefficient (Wildman–Crippen LogP) is 4.96. The van der Waals surface area contributed by atoms with Crippen molar-refractivity contribution < 1.29 is 18.7 Å². The Morgan fingerprint density at radius 1 is 1.16 bits per heavy atom. The van der Waals surface area contributed by atoms with Gasteiger partial charge in [-0.05, 0) is 55.2 Å². The first kappa shape index (κ1) is 21.0. The third-order valence-corrected chi connectivity index (χ3v) is 6.26. The summed E-state index contributed by atoms with van der Waals surface area (Å²) >= 11 is 6.14. The van der Waals surface area contributed by atoms with Crippen LogP contribution in [0.2, 0.25) is 5.02 Å². The van der Waals surface area contributed by atoms with Crippen LogP contribution in [0.3, 0.4) is 0 Å². The van der Waals surface area contributed by atoms with Gasteiger partial charge in [-0.25, -0.2) is 0 Å². The molecule has 1 amide bonds. The van der Waals surface area contributed by atoms with E-state index in [4.69, 9.17) is 25.5 Å². The van der Waals surface area contributed by atoms with Crippen LogP contribution in [-0.2, 0) is 4.74 Å². The zero-order valence-electron chi connectivity index (χ0n) is 17.8. The van der Waals surface area contributed by atoms with Crippen LogP contribution in [0.5, 0.6) is 5.75 Å². The Hall–Kier alpha value is -2.83. The summed E-state index contributed by atoms with van der Waals surface area (Å²) in [4.78, 5) is 28.7. The first-order valence-corrected chi connectivity index (χ1v) is 11.4. The zero-order valence-corrected chi connectivity index (χ0v) is 18.6. The molecule has 6 nitrogen and oxygen atoms in total. The molecule has 0 aliphatic carbocycles. The molecule has 2 atom stereocenters. The molecule has 1 aromatic heterocycles. The maximum Gasteiger partial charge on any atom is 0.291 e. The lowest BCUT2D eigenvalue weighted by atomic mass is 9.98. The number of hydrogen-bond donors (Lipinski definition) is 0. The Morgan fingerprint density at radius 3 is 2.69 bits per heavy atom. The molecule has 0 spiro atoms. The fourth-order valence-electron chi connectivity index (χ4n) is 4.50. The molecule has 166 valence electrons. The number of carbonyl (C=O) groups excluding carboxylic acids is 1. The van der Waals surface area contributed by atoms with Crippen molar-refractivity contribution in [2.75, 3.05) is 19.8 Å². The lowest BCUT2D eigenvalue weighted by Crippen LogP contribution is -2.36. The normalized spacial score (nSPS) is 20.2. The molecular weight excluding hydrogens is 430 g/mol. The van der Waals surface area contributed by atoms with E-state index in [0.717, 1.165) is 30.6 Å². The molecule has 0 bridgehead atoms. The molecule has 32 heavy (non-hydrogen) atoms. The number of fused-ring (bicyclic) bond motifs is 2. The smallest absolute Gasteiger partial charge is 0.291 e. The van der Waals surface area contributed by atoms with Gasteiger partial charge in [0, 0.05) is 18.2 Å². The third kappa shape index (κ3) is 3.67. The van der Waals surface area contributed by atoms with Gasteiger partial charge in [0.2, 0.25) is 5.76 Å².